The summed E-state index contributed by atoms with van der Waals surface area (Å²) in [5.41, 5.74) is 2.60. The van der Waals surface area contributed by atoms with Crippen LogP contribution in [0.15, 0.2) is 60.7 Å². The van der Waals surface area contributed by atoms with Crippen molar-refractivity contribution < 1.29 is 23.4 Å². The molecule has 37 heavy (non-hydrogen) atoms. The van der Waals surface area contributed by atoms with Crippen LogP contribution in [0.4, 0.5) is 8.78 Å². The predicted octanol–water partition coefficient (Wildman–Crippen LogP) is 5.51. The molecule has 2 aliphatic heterocycles. The quantitative estimate of drug-likeness (QED) is 0.492. The Morgan fingerprint density at radius 2 is 1.43 bits per heavy atom. The minimum Gasteiger partial charge on any atom is -0.508 e. The van der Waals surface area contributed by atoms with Crippen LogP contribution in [0.3, 0.4) is 0 Å². The molecule has 0 aliphatic carbocycles. The number of hydrogen-bond donors (Lipinski definition) is 1. The first kappa shape index (κ1) is 25.5. The molecule has 5 nitrogen and oxygen atoms in total. The van der Waals surface area contributed by atoms with Gasteiger partial charge in [-0.2, -0.15) is 0 Å². The van der Waals surface area contributed by atoms with Crippen molar-refractivity contribution in [2.24, 2.45) is 0 Å². The van der Waals surface area contributed by atoms with E-state index < -0.39 is 0 Å². The third-order valence-corrected chi connectivity index (χ3v) is 7.19. The molecule has 0 bridgehead atoms. The van der Waals surface area contributed by atoms with Crippen molar-refractivity contribution in [2.45, 2.75) is 38.3 Å². The van der Waals surface area contributed by atoms with E-state index in [1.807, 2.05) is 6.07 Å². The number of aromatic hydroxyl groups is 1. The van der Waals surface area contributed by atoms with Gasteiger partial charge in [-0.25, -0.2) is 8.78 Å². The largest absolute Gasteiger partial charge is 0.508 e. The number of phenolic OH excluding ortho intramolecular Hbond substituents is 1. The van der Waals surface area contributed by atoms with E-state index in [2.05, 4.69) is 30.6 Å². The highest BCUT2D eigenvalue weighted by Crippen LogP contribution is 2.42. The van der Waals surface area contributed by atoms with Crippen LogP contribution in [0.1, 0.15) is 43.5 Å². The second kappa shape index (κ2) is 10.3. The number of rotatable bonds is 5. The van der Waals surface area contributed by atoms with Gasteiger partial charge in [-0.15, -0.1) is 0 Å². The monoisotopic (exact) mass is 508 g/mol. The Labute approximate surface area is 217 Å². The van der Waals surface area contributed by atoms with Crippen molar-refractivity contribution in [3.63, 3.8) is 0 Å². The van der Waals surface area contributed by atoms with Crippen molar-refractivity contribution in [3.05, 3.63) is 89.0 Å². The SMILES string of the molecule is CC(C)(C)c1cc2c(cc1O)OC(CN1CCN(C(c3ccc(F)cc3)c3ccc(F)cc3)CC1)CO2. The molecule has 0 amide bonds. The smallest absolute Gasteiger partial charge is 0.165 e. The van der Waals surface area contributed by atoms with Gasteiger partial charge in [0.25, 0.3) is 0 Å². The molecule has 0 spiro atoms. The molecule has 0 saturated carbocycles. The highest BCUT2D eigenvalue weighted by atomic mass is 19.1. The van der Waals surface area contributed by atoms with E-state index >= 15 is 0 Å². The van der Waals surface area contributed by atoms with E-state index in [-0.39, 0.29) is 34.9 Å². The number of piperazine rings is 1. The van der Waals surface area contributed by atoms with E-state index in [1.54, 1.807) is 30.3 Å². The zero-order valence-corrected chi connectivity index (χ0v) is 21.6. The maximum atomic E-state index is 13.6. The fourth-order valence-electron chi connectivity index (χ4n) is 5.24. The molecular weight excluding hydrogens is 474 g/mol. The second-order valence-electron chi connectivity index (χ2n) is 11.0. The number of fused-ring (bicyclic) bond motifs is 1. The van der Waals surface area contributed by atoms with Gasteiger partial charge in [0.15, 0.2) is 11.5 Å². The predicted molar refractivity (Wildman–Crippen MR) is 139 cm³/mol. The number of ether oxygens (including phenoxy) is 2. The summed E-state index contributed by atoms with van der Waals surface area (Å²) in [5.74, 6) is 0.923. The first-order chi connectivity index (χ1) is 17.7. The second-order valence-corrected chi connectivity index (χ2v) is 11.0. The molecule has 1 unspecified atom stereocenters. The van der Waals surface area contributed by atoms with Crippen LogP contribution >= 0.6 is 0 Å². The Balaban J connectivity index is 1.24. The van der Waals surface area contributed by atoms with E-state index in [9.17, 15) is 13.9 Å². The molecule has 0 aromatic heterocycles. The van der Waals surface area contributed by atoms with E-state index in [4.69, 9.17) is 9.47 Å². The normalized spacial score (nSPS) is 18.8. The van der Waals surface area contributed by atoms with Gasteiger partial charge in [0, 0.05) is 44.4 Å². The van der Waals surface area contributed by atoms with Crippen LogP contribution in [-0.4, -0.2) is 60.3 Å². The molecule has 1 fully saturated rings. The van der Waals surface area contributed by atoms with E-state index in [1.165, 1.54) is 24.3 Å². The van der Waals surface area contributed by atoms with Crippen molar-refractivity contribution in [2.75, 3.05) is 39.3 Å². The van der Waals surface area contributed by atoms with Crippen molar-refractivity contribution in [1.82, 2.24) is 9.80 Å². The molecule has 3 aromatic carbocycles. The van der Waals surface area contributed by atoms with Crippen molar-refractivity contribution in [3.8, 4) is 17.2 Å². The van der Waals surface area contributed by atoms with Gasteiger partial charge in [0.1, 0.15) is 30.1 Å². The van der Waals surface area contributed by atoms with Gasteiger partial charge in [-0.1, -0.05) is 45.0 Å². The first-order valence-electron chi connectivity index (χ1n) is 12.8. The van der Waals surface area contributed by atoms with E-state index in [0.717, 1.165) is 42.9 Å². The van der Waals surface area contributed by atoms with Crippen LogP contribution in [0.5, 0.6) is 17.2 Å². The van der Waals surface area contributed by atoms with Crippen molar-refractivity contribution >= 4 is 0 Å². The molecule has 196 valence electrons. The lowest BCUT2D eigenvalue weighted by atomic mass is 9.86. The fraction of sp³-hybridized carbons (Fsp3) is 0.400. The molecule has 7 heteroatoms. The Morgan fingerprint density at radius 3 is 1.97 bits per heavy atom. The Bertz CT molecular complexity index is 1170. The zero-order valence-electron chi connectivity index (χ0n) is 21.6. The third kappa shape index (κ3) is 5.73. The molecule has 1 N–H and O–H groups in total. The average molecular weight is 509 g/mol. The van der Waals surface area contributed by atoms with E-state index in [0.29, 0.717) is 24.7 Å². The highest BCUT2D eigenvalue weighted by molar-refractivity contribution is 5.53. The lowest BCUT2D eigenvalue weighted by molar-refractivity contribution is 0.0350. The third-order valence-electron chi connectivity index (χ3n) is 7.19. The highest BCUT2D eigenvalue weighted by Gasteiger charge is 2.31. The summed E-state index contributed by atoms with van der Waals surface area (Å²) < 4.78 is 39.4. The van der Waals surface area contributed by atoms with Crippen LogP contribution in [0, 0.1) is 11.6 Å². The fourth-order valence-corrected chi connectivity index (χ4v) is 5.24. The lowest BCUT2D eigenvalue weighted by Crippen LogP contribution is -2.51. The zero-order chi connectivity index (χ0) is 26.2. The Hall–Kier alpha value is -3.16. The Kier molecular flexibility index (Phi) is 7.10. The summed E-state index contributed by atoms with van der Waals surface area (Å²) in [6.45, 7) is 10.6. The van der Waals surface area contributed by atoms with Crippen LogP contribution < -0.4 is 9.47 Å². The van der Waals surface area contributed by atoms with Crippen LogP contribution in [0.25, 0.3) is 0 Å². The van der Waals surface area contributed by atoms with Gasteiger partial charge in [-0.3, -0.25) is 9.80 Å². The van der Waals surface area contributed by atoms with Crippen molar-refractivity contribution in [1.29, 1.82) is 0 Å². The van der Waals surface area contributed by atoms with Gasteiger partial charge in [0.05, 0.1) is 6.04 Å². The molecule has 1 atom stereocenters. The van der Waals surface area contributed by atoms with Gasteiger partial charge in [0.2, 0.25) is 0 Å². The summed E-state index contributed by atoms with van der Waals surface area (Å²) in [7, 11) is 0. The molecule has 1 saturated heterocycles. The number of hydrogen-bond acceptors (Lipinski definition) is 5. The van der Waals surface area contributed by atoms with Crippen LogP contribution in [0.2, 0.25) is 0 Å². The summed E-state index contributed by atoms with van der Waals surface area (Å²) in [5, 5.41) is 10.5. The summed E-state index contributed by atoms with van der Waals surface area (Å²) in [6.07, 6.45) is -0.135. The molecule has 3 aromatic rings. The Morgan fingerprint density at radius 1 is 0.865 bits per heavy atom. The first-order valence-corrected chi connectivity index (χ1v) is 12.8. The number of benzene rings is 3. The topological polar surface area (TPSA) is 45.2 Å². The number of halogens is 2. The minimum atomic E-state index is -0.273. The number of phenols is 1. The van der Waals surface area contributed by atoms with Gasteiger partial charge >= 0.3 is 0 Å². The number of nitrogens with zero attached hydrogens (tertiary/aromatic N) is 2. The summed E-state index contributed by atoms with van der Waals surface area (Å²) in [6, 6.07) is 16.6. The lowest BCUT2D eigenvalue weighted by Gasteiger charge is -2.41. The van der Waals surface area contributed by atoms with Gasteiger partial charge in [-0.05, 0) is 46.9 Å². The minimum absolute atomic E-state index is 0.0792. The molecular formula is C30H34F2N2O3. The molecule has 2 aliphatic rings. The molecule has 0 radical (unpaired) electrons. The molecule has 2 heterocycles. The average Bonchev–Trinajstić information content (AvgIpc) is 2.86. The summed E-state index contributed by atoms with van der Waals surface area (Å²) >= 11 is 0. The van der Waals surface area contributed by atoms with Gasteiger partial charge < -0.3 is 14.6 Å². The summed E-state index contributed by atoms with van der Waals surface area (Å²) in [4.78, 5) is 4.71. The maximum Gasteiger partial charge on any atom is 0.165 e. The molecule has 5 rings (SSSR count). The maximum absolute atomic E-state index is 13.6. The van der Waals surface area contributed by atoms with Crippen LogP contribution in [-0.2, 0) is 5.41 Å². The standard InChI is InChI=1S/C30H34F2N2O3/c1-30(2,3)25-16-27-28(17-26(25)35)37-24(19-36-27)18-33-12-14-34(15-13-33)29(20-4-8-22(31)9-5-20)21-6-10-23(32)11-7-21/h4-11,16-17,24,29,35H,12-15,18-19H2,1-3H3.